The predicted molar refractivity (Wildman–Crippen MR) is 130 cm³/mol. The van der Waals surface area contributed by atoms with Crippen LogP contribution in [0.4, 0.5) is 5.13 Å². The minimum absolute atomic E-state index is 0.0419. The molecule has 174 valence electrons. The Morgan fingerprint density at radius 2 is 1.85 bits per heavy atom. The molecule has 0 aliphatic carbocycles. The summed E-state index contributed by atoms with van der Waals surface area (Å²) in [6.45, 7) is 7.33. The van der Waals surface area contributed by atoms with E-state index in [0.717, 1.165) is 16.9 Å². The van der Waals surface area contributed by atoms with Gasteiger partial charge in [0, 0.05) is 12.5 Å². The Labute approximate surface area is 201 Å². The van der Waals surface area contributed by atoms with Gasteiger partial charge in [-0.3, -0.25) is 19.3 Å². The molecule has 0 spiro atoms. The lowest BCUT2D eigenvalue weighted by Crippen LogP contribution is -2.29. The second-order valence-electron chi connectivity index (χ2n) is 8.01. The van der Waals surface area contributed by atoms with E-state index in [0.29, 0.717) is 34.1 Å². The number of rotatable bonds is 6. The Hall–Kier alpha value is -3.78. The Morgan fingerprint density at radius 3 is 2.47 bits per heavy atom. The van der Waals surface area contributed by atoms with Gasteiger partial charge in [-0.25, -0.2) is 4.98 Å². The molecule has 1 N–H and O–H groups in total. The fourth-order valence-electron chi connectivity index (χ4n) is 3.97. The number of ketones is 2. The topological polar surface area (TPSA) is 96.8 Å². The first kappa shape index (κ1) is 23.4. The molecular weight excluding hydrogens is 452 g/mol. The molecule has 1 aliphatic rings. The Balaban J connectivity index is 1.95. The molecule has 2 aromatic carbocycles. The molecule has 0 radical (unpaired) electrons. The van der Waals surface area contributed by atoms with Crippen LogP contribution in [0.25, 0.3) is 5.76 Å². The van der Waals surface area contributed by atoms with E-state index >= 15 is 0 Å². The second kappa shape index (κ2) is 9.23. The number of nitrogens with zero attached hydrogens (tertiary/aromatic N) is 2. The van der Waals surface area contributed by atoms with Crippen molar-refractivity contribution >= 4 is 39.7 Å². The Bertz CT molecular complexity index is 1320. The van der Waals surface area contributed by atoms with Crippen LogP contribution < -0.4 is 9.64 Å². The molecule has 8 heteroatoms. The van der Waals surface area contributed by atoms with E-state index in [2.05, 4.69) is 4.98 Å². The van der Waals surface area contributed by atoms with Gasteiger partial charge in [0.15, 0.2) is 10.9 Å². The Kier molecular flexibility index (Phi) is 6.34. The third-order valence-corrected chi connectivity index (χ3v) is 6.82. The summed E-state index contributed by atoms with van der Waals surface area (Å²) < 4.78 is 5.62. The SMILES string of the molecule is CCOc1cccc(C2C(=C(O)c3ccc(C)cc3)C(=O)C(=O)N2c2nc(C)c(C(C)=O)s2)c1. The van der Waals surface area contributed by atoms with E-state index < -0.39 is 17.7 Å². The summed E-state index contributed by atoms with van der Waals surface area (Å²) in [7, 11) is 0. The van der Waals surface area contributed by atoms with Gasteiger partial charge in [-0.15, -0.1) is 0 Å². The van der Waals surface area contributed by atoms with Crippen LogP contribution in [-0.2, 0) is 9.59 Å². The van der Waals surface area contributed by atoms with Crippen LogP contribution in [0.3, 0.4) is 0 Å². The van der Waals surface area contributed by atoms with Crippen molar-refractivity contribution < 1.29 is 24.2 Å². The van der Waals surface area contributed by atoms with E-state index in [1.165, 1.54) is 11.8 Å². The van der Waals surface area contributed by atoms with E-state index in [4.69, 9.17) is 4.74 Å². The molecule has 1 atom stereocenters. The number of aryl methyl sites for hydroxylation is 2. The van der Waals surface area contributed by atoms with Crippen molar-refractivity contribution in [2.24, 2.45) is 0 Å². The van der Waals surface area contributed by atoms with Gasteiger partial charge in [-0.05, 0) is 38.5 Å². The molecule has 1 aliphatic heterocycles. The average molecular weight is 477 g/mol. The number of hydrogen-bond donors (Lipinski definition) is 1. The maximum absolute atomic E-state index is 13.3. The van der Waals surface area contributed by atoms with Gasteiger partial charge in [-0.2, -0.15) is 0 Å². The highest BCUT2D eigenvalue weighted by Gasteiger charge is 2.48. The summed E-state index contributed by atoms with van der Waals surface area (Å²) in [5.41, 5.74) is 2.44. The lowest BCUT2D eigenvalue weighted by molar-refractivity contribution is -0.132. The van der Waals surface area contributed by atoms with E-state index in [-0.39, 0.29) is 22.2 Å². The van der Waals surface area contributed by atoms with Crippen molar-refractivity contribution in [1.82, 2.24) is 4.98 Å². The van der Waals surface area contributed by atoms with E-state index in [1.807, 2.05) is 26.0 Å². The van der Waals surface area contributed by atoms with Crippen LogP contribution in [0.15, 0.2) is 54.1 Å². The van der Waals surface area contributed by atoms with Crippen LogP contribution in [0.5, 0.6) is 5.75 Å². The maximum Gasteiger partial charge on any atom is 0.301 e. The van der Waals surface area contributed by atoms with Gasteiger partial charge in [-0.1, -0.05) is 53.3 Å². The largest absolute Gasteiger partial charge is 0.507 e. The van der Waals surface area contributed by atoms with Crippen molar-refractivity contribution in [3.05, 3.63) is 81.4 Å². The minimum atomic E-state index is -0.938. The van der Waals surface area contributed by atoms with Gasteiger partial charge >= 0.3 is 5.91 Å². The van der Waals surface area contributed by atoms with Gasteiger partial charge < -0.3 is 9.84 Å². The van der Waals surface area contributed by atoms with Crippen LogP contribution in [0.1, 0.15) is 51.9 Å². The smallest absolute Gasteiger partial charge is 0.301 e. The van der Waals surface area contributed by atoms with Crippen LogP contribution in [0.2, 0.25) is 0 Å². The maximum atomic E-state index is 13.3. The highest BCUT2D eigenvalue weighted by atomic mass is 32.1. The van der Waals surface area contributed by atoms with Crippen LogP contribution in [-0.4, -0.2) is 34.2 Å². The number of hydrogen-bond acceptors (Lipinski definition) is 7. The first-order chi connectivity index (χ1) is 16.2. The number of Topliss-reactive ketones (excluding diaryl/α,β-unsaturated/α-hetero) is 2. The van der Waals surface area contributed by atoms with Crippen molar-refractivity contribution in [3.63, 3.8) is 0 Å². The summed E-state index contributed by atoms with van der Waals surface area (Å²) in [6, 6.07) is 13.1. The highest BCUT2D eigenvalue weighted by molar-refractivity contribution is 7.18. The lowest BCUT2D eigenvalue weighted by atomic mass is 9.95. The van der Waals surface area contributed by atoms with Crippen LogP contribution >= 0.6 is 11.3 Å². The molecule has 1 aromatic heterocycles. The first-order valence-electron chi connectivity index (χ1n) is 10.8. The summed E-state index contributed by atoms with van der Waals surface area (Å²) in [5.74, 6) is -1.51. The lowest BCUT2D eigenvalue weighted by Gasteiger charge is -2.23. The molecule has 1 amide bonds. The zero-order chi connectivity index (χ0) is 24.6. The standard InChI is InChI=1S/C26H24N2O5S/c1-5-33-19-8-6-7-18(13-19)21-20(22(30)17-11-9-14(2)10-12-17)23(31)25(32)28(21)26-27-15(3)24(34-26)16(4)29/h6-13,21,30H,5H2,1-4H3. The van der Waals surface area contributed by atoms with Gasteiger partial charge in [0.2, 0.25) is 0 Å². The Morgan fingerprint density at radius 1 is 1.15 bits per heavy atom. The molecule has 1 fully saturated rings. The number of aliphatic hydroxyl groups excluding tert-OH is 1. The number of thiazole rings is 1. The van der Waals surface area contributed by atoms with Crippen molar-refractivity contribution in [3.8, 4) is 5.75 Å². The number of carbonyl (C=O) groups is 3. The summed E-state index contributed by atoms with van der Waals surface area (Å²) in [6.07, 6.45) is 0. The molecular formula is C26H24N2O5S. The molecule has 3 aromatic rings. The number of amides is 1. The normalized spacial score (nSPS) is 17.3. The number of aliphatic hydroxyl groups is 1. The molecule has 4 rings (SSSR count). The molecule has 34 heavy (non-hydrogen) atoms. The summed E-state index contributed by atoms with van der Waals surface area (Å²) >= 11 is 1.05. The quantitative estimate of drug-likeness (QED) is 0.233. The van der Waals surface area contributed by atoms with Crippen LogP contribution in [0, 0.1) is 13.8 Å². The summed E-state index contributed by atoms with van der Waals surface area (Å²) in [5, 5.41) is 11.4. The zero-order valence-corrected chi connectivity index (χ0v) is 20.1. The van der Waals surface area contributed by atoms with Gasteiger partial charge in [0.05, 0.1) is 28.8 Å². The predicted octanol–water partition coefficient (Wildman–Crippen LogP) is 4.99. The fraction of sp³-hybridized carbons (Fsp3) is 0.231. The first-order valence-corrected chi connectivity index (χ1v) is 11.6. The van der Waals surface area contributed by atoms with Gasteiger partial charge in [0.25, 0.3) is 5.78 Å². The third kappa shape index (κ3) is 4.12. The molecule has 1 saturated heterocycles. The second-order valence-corrected chi connectivity index (χ2v) is 8.99. The summed E-state index contributed by atoms with van der Waals surface area (Å²) in [4.78, 5) is 44.7. The van der Waals surface area contributed by atoms with Gasteiger partial charge in [0.1, 0.15) is 11.5 Å². The van der Waals surface area contributed by atoms with E-state index in [9.17, 15) is 19.5 Å². The molecule has 7 nitrogen and oxygen atoms in total. The molecule has 1 unspecified atom stereocenters. The molecule has 0 saturated carbocycles. The van der Waals surface area contributed by atoms with Crippen molar-refractivity contribution in [1.29, 1.82) is 0 Å². The number of aromatic nitrogens is 1. The monoisotopic (exact) mass is 476 g/mol. The highest BCUT2D eigenvalue weighted by Crippen LogP contribution is 2.44. The third-order valence-electron chi connectivity index (χ3n) is 5.57. The molecule has 2 heterocycles. The number of ether oxygens (including phenoxy) is 1. The average Bonchev–Trinajstić information content (AvgIpc) is 3.31. The van der Waals surface area contributed by atoms with Crippen molar-refractivity contribution in [2.75, 3.05) is 11.5 Å². The minimum Gasteiger partial charge on any atom is -0.507 e. The fourth-order valence-corrected chi connectivity index (χ4v) is 4.95. The number of benzene rings is 2. The number of anilines is 1. The number of carbonyl (C=O) groups excluding carboxylic acids is 3. The van der Waals surface area contributed by atoms with E-state index in [1.54, 1.807) is 43.3 Å². The van der Waals surface area contributed by atoms with Crippen molar-refractivity contribution in [2.45, 2.75) is 33.7 Å². The molecule has 0 bridgehead atoms. The zero-order valence-electron chi connectivity index (χ0n) is 19.3.